The van der Waals surface area contributed by atoms with Gasteiger partial charge in [0.15, 0.2) is 0 Å². The molecule has 0 spiro atoms. The van der Waals surface area contributed by atoms with E-state index in [9.17, 15) is 4.79 Å². The van der Waals surface area contributed by atoms with Crippen molar-refractivity contribution in [3.63, 3.8) is 0 Å². The predicted octanol–water partition coefficient (Wildman–Crippen LogP) is 2.39. The van der Waals surface area contributed by atoms with Crippen molar-refractivity contribution in [2.75, 3.05) is 6.61 Å². The van der Waals surface area contributed by atoms with Crippen molar-refractivity contribution in [1.29, 1.82) is 0 Å². The zero-order valence-electron chi connectivity index (χ0n) is 9.85. The second kappa shape index (κ2) is 4.18. The van der Waals surface area contributed by atoms with Crippen LogP contribution in [-0.4, -0.2) is 12.5 Å². The fourth-order valence-electron chi connectivity index (χ4n) is 2.22. The first-order valence-corrected chi connectivity index (χ1v) is 5.90. The van der Waals surface area contributed by atoms with Crippen molar-refractivity contribution < 1.29 is 9.53 Å². The maximum atomic E-state index is 11.2. The second-order valence-corrected chi connectivity index (χ2v) is 4.37. The molecule has 0 aliphatic carbocycles. The van der Waals surface area contributed by atoms with Gasteiger partial charge >= 0.3 is 0 Å². The summed E-state index contributed by atoms with van der Waals surface area (Å²) in [6.07, 6.45) is 0.943. The van der Waals surface area contributed by atoms with Crippen LogP contribution in [0.1, 0.15) is 15.9 Å². The molecular formula is C15H13NO2. The molecule has 0 radical (unpaired) electrons. The Morgan fingerprint density at radius 2 is 1.94 bits per heavy atom. The molecule has 3 rings (SSSR count). The summed E-state index contributed by atoms with van der Waals surface area (Å²) in [5, 5.41) is 0. The third kappa shape index (κ3) is 1.84. The van der Waals surface area contributed by atoms with Crippen molar-refractivity contribution in [1.82, 2.24) is 0 Å². The summed E-state index contributed by atoms with van der Waals surface area (Å²) in [5.41, 5.74) is 9.13. The topological polar surface area (TPSA) is 52.3 Å². The van der Waals surface area contributed by atoms with Crippen LogP contribution in [-0.2, 0) is 6.42 Å². The van der Waals surface area contributed by atoms with Crippen LogP contribution in [0.3, 0.4) is 0 Å². The SMILES string of the molecule is NC(=O)c1cccc(-c2ccc3c(c2)CCO3)c1. The number of benzene rings is 2. The zero-order valence-corrected chi connectivity index (χ0v) is 9.85. The minimum absolute atomic E-state index is 0.402. The van der Waals surface area contributed by atoms with Gasteiger partial charge in [-0.05, 0) is 41.0 Å². The Labute approximate surface area is 105 Å². The van der Waals surface area contributed by atoms with Gasteiger partial charge < -0.3 is 10.5 Å². The molecular weight excluding hydrogens is 226 g/mol. The van der Waals surface area contributed by atoms with Crippen LogP contribution in [0.25, 0.3) is 11.1 Å². The maximum Gasteiger partial charge on any atom is 0.248 e. The lowest BCUT2D eigenvalue weighted by Gasteiger charge is -2.05. The lowest BCUT2D eigenvalue weighted by atomic mass is 10.00. The summed E-state index contributed by atoms with van der Waals surface area (Å²) >= 11 is 0. The number of nitrogens with two attached hydrogens (primary N) is 1. The molecule has 1 heterocycles. The molecule has 0 saturated carbocycles. The van der Waals surface area contributed by atoms with E-state index in [1.165, 1.54) is 5.56 Å². The van der Waals surface area contributed by atoms with Crippen molar-refractivity contribution in [3.05, 3.63) is 53.6 Å². The fraction of sp³-hybridized carbons (Fsp3) is 0.133. The minimum atomic E-state index is -0.402. The number of rotatable bonds is 2. The Hall–Kier alpha value is -2.29. The zero-order chi connectivity index (χ0) is 12.5. The summed E-state index contributed by atoms with van der Waals surface area (Å²) in [6.45, 7) is 0.750. The lowest BCUT2D eigenvalue weighted by Crippen LogP contribution is -2.10. The molecule has 3 nitrogen and oxygen atoms in total. The Morgan fingerprint density at radius 1 is 1.11 bits per heavy atom. The van der Waals surface area contributed by atoms with Crippen LogP contribution in [0.4, 0.5) is 0 Å². The van der Waals surface area contributed by atoms with Crippen LogP contribution in [0.5, 0.6) is 5.75 Å². The van der Waals surface area contributed by atoms with Gasteiger partial charge in [0.05, 0.1) is 6.61 Å². The maximum absolute atomic E-state index is 11.2. The van der Waals surface area contributed by atoms with Gasteiger partial charge in [-0.3, -0.25) is 4.79 Å². The molecule has 3 heteroatoms. The largest absolute Gasteiger partial charge is 0.493 e. The number of hydrogen-bond acceptors (Lipinski definition) is 2. The molecule has 90 valence electrons. The highest BCUT2D eigenvalue weighted by Crippen LogP contribution is 2.30. The molecule has 0 saturated heterocycles. The number of hydrogen-bond donors (Lipinski definition) is 1. The Morgan fingerprint density at radius 3 is 2.78 bits per heavy atom. The van der Waals surface area contributed by atoms with Crippen molar-refractivity contribution >= 4 is 5.91 Å². The third-order valence-electron chi connectivity index (χ3n) is 3.17. The molecule has 0 unspecified atom stereocenters. The predicted molar refractivity (Wildman–Crippen MR) is 69.6 cm³/mol. The van der Waals surface area contributed by atoms with Gasteiger partial charge in [-0.1, -0.05) is 18.2 Å². The minimum Gasteiger partial charge on any atom is -0.493 e. The van der Waals surface area contributed by atoms with E-state index in [1.54, 1.807) is 6.07 Å². The van der Waals surface area contributed by atoms with E-state index >= 15 is 0 Å². The Kier molecular flexibility index (Phi) is 2.52. The average Bonchev–Trinajstić information content (AvgIpc) is 2.86. The lowest BCUT2D eigenvalue weighted by molar-refractivity contribution is 0.100. The summed E-state index contributed by atoms with van der Waals surface area (Å²) < 4.78 is 5.48. The van der Waals surface area contributed by atoms with E-state index in [-0.39, 0.29) is 0 Å². The first kappa shape index (κ1) is 10.8. The van der Waals surface area contributed by atoms with E-state index in [2.05, 4.69) is 6.07 Å². The standard InChI is InChI=1S/C15H13NO2/c16-15(17)13-3-1-2-10(9-13)11-4-5-14-12(8-11)6-7-18-14/h1-5,8-9H,6-7H2,(H2,16,17). The molecule has 1 aliphatic heterocycles. The van der Waals surface area contributed by atoms with Crippen LogP contribution in [0.2, 0.25) is 0 Å². The van der Waals surface area contributed by atoms with E-state index in [1.807, 2.05) is 30.3 Å². The van der Waals surface area contributed by atoms with Crippen LogP contribution < -0.4 is 10.5 Å². The van der Waals surface area contributed by atoms with Crippen molar-refractivity contribution in [3.8, 4) is 16.9 Å². The van der Waals surface area contributed by atoms with E-state index < -0.39 is 5.91 Å². The first-order chi connectivity index (χ1) is 8.74. The fourth-order valence-corrected chi connectivity index (χ4v) is 2.22. The van der Waals surface area contributed by atoms with Gasteiger partial charge in [0, 0.05) is 12.0 Å². The molecule has 18 heavy (non-hydrogen) atoms. The monoisotopic (exact) mass is 239 g/mol. The molecule has 0 aromatic heterocycles. The third-order valence-corrected chi connectivity index (χ3v) is 3.17. The van der Waals surface area contributed by atoms with Crippen molar-refractivity contribution in [2.24, 2.45) is 5.73 Å². The number of fused-ring (bicyclic) bond motifs is 1. The number of carbonyl (C=O) groups is 1. The van der Waals surface area contributed by atoms with E-state index in [0.29, 0.717) is 5.56 Å². The number of ether oxygens (including phenoxy) is 1. The van der Waals surface area contributed by atoms with Gasteiger partial charge in [0.1, 0.15) is 5.75 Å². The van der Waals surface area contributed by atoms with Gasteiger partial charge in [-0.15, -0.1) is 0 Å². The van der Waals surface area contributed by atoms with Crippen LogP contribution in [0, 0.1) is 0 Å². The van der Waals surface area contributed by atoms with Crippen molar-refractivity contribution in [2.45, 2.75) is 6.42 Å². The molecule has 2 aromatic rings. The summed E-state index contributed by atoms with van der Waals surface area (Å²) in [7, 11) is 0. The molecule has 2 N–H and O–H groups in total. The van der Waals surface area contributed by atoms with Crippen LogP contribution >= 0.6 is 0 Å². The Balaban J connectivity index is 2.04. The number of primary amides is 1. The Bertz CT molecular complexity index is 620. The summed E-state index contributed by atoms with van der Waals surface area (Å²) in [5.74, 6) is 0.561. The van der Waals surface area contributed by atoms with Gasteiger partial charge in [-0.25, -0.2) is 0 Å². The molecule has 0 fully saturated rings. The van der Waals surface area contributed by atoms with Gasteiger partial charge in [-0.2, -0.15) is 0 Å². The molecule has 1 amide bonds. The van der Waals surface area contributed by atoms with Gasteiger partial charge in [0.25, 0.3) is 0 Å². The highest BCUT2D eigenvalue weighted by molar-refractivity contribution is 5.94. The van der Waals surface area contributed by atoms with E-state index in [4.69, 9.17) is 10.5 Å². The summed E-state index contributed by atoms with van der Waals surface area (Å²) in [4.78, 5) is 11.2. The number of carbonyl (C=O) groups excluding carboxylic acids is 1. The van der Waals surface area contributed by atoms with E-state index in [0.717, 1.165) is 29.9 Å². The highest BCUT2D eigenvalue weighted by atomic mass is 16.5. The highest BCUT2D eigenvalue weighted by Gasteiger charge is 2.12. The molecule has 0 atom stereocenters. The molecule has 2 aromatic carbocycles. The normalized spacial score (nSPS) is 12.9. The second-order valence-electron chi connectivity index (χ2n) is 4.37. The van der Waals surface area contributed by atoms with Crippen LogP contribution in [0.15, 0.2) is 42.5 Å². The molecule has 0 bridgehead atoms. The quantitative estimate of drug-likeness (QED) is 0.874. The summed E-state index contributed by atoms with van der Waals surface area (Å²) in [6, 6.07) is 13.5. The average molecular weight is 239 g/mol. The van der Waals surface area contributed by atoms with Gasteiger partial charge in [0.2, 0.25) is 5.91 Å². The first-order valence-electron chi connectivity index (χ1n) is 5.90. The number of amides is 1. The smallest absolute Gasteiger partial charge is 0.248 e. The molecule has 1 aliphatic rings.